The minimum Gasteiger partial charge on any atom is -0.299 e. The summed E-state index contributed by atoms with van der Waals surface area (Å²) in [6.07, 6.45) is 1.75. The van der Waals surface area contributed by atoms with Gasteiger partial charge in [-0.25, -0.2) is 0 Å². The normalized spacial score (nSPS) is 27.3. The number of thioether (sulfide) groups is 1. The van der Waals surface area contributed by atoms with Gasteiger partial charge in [-0.3, -0.25) is 4.79 Å². The lowest BCUT2D eigenvalue weighted by Crippen LogP contribution is -2.33. The third kappa shape index (κ3) is 3.50. The highest BCUT2D eigenvalue weighted by Crippen LogP contribution is 2.40. The van der Waals surface area contributed by atoms with Crippen LogP contribution in [0.4, 0.5) is 0 Å². The number of allylic oxidation sites excluding steroid dienone is 1. The van der Waals surface area contributed by atoms with Gasteiger partial charge in [0.05, 0.1) is 0 Å². The van der Waals surface area contributed by atoms with Crippen LogP contribution in [0.2, 0.25) is 0 Å². The minimum atomic E-state index is 0.155. The van der Waals surface area contributed by atoms with Crippen LogP contribution in [0.5, 0.6) is 0 Å². The number of carbonyl (C=O) groups is 1. The van der Waals surface area contributed by atoms with E-state index in [1.807, 2.05) is 18.7 Å². The van der Waals surface area contributed by atoms with Gasteiger partial charge in [-0.05, 0) is 38.3 Å². The van der Waals surface area contributed by atoms with Gasteiger partial charge in [0.2, 0.25) is 0 Å². The van der Waals surface area contributed by atoms with E-state index in [-0.39, 0.29) is 5.92 Å². The highest BCUT2D eigenvalue weighted by molar-refractivity contribution is 8.00. The molecule has 0 N–H and O–H groups in total. The molecule has 2 heteroatoms. The Hall–Kier alpha value is -1.02. The summed E-state index contributed by atoms with van der Waals surface area (Å²) >= 11 is 1.84. The Kier molecular flexibility index (Phi) is 4.51. The molecular weight excluding hydrogens is 252 g/mol. The van der Waals surface area contributed by atoms with Gasteiger partial charge >= 0.3 is 0 Å². The Bertz CT molecular complexity index is 475. The fourth-order valence-corrected chi connectivity index (χ4v) is 3.85. The largest absolute Gasteiger partial charge is 0.299 e. The van der Waals surface area contributed by atoms with E-state index in [0.29, 0.717) is 23.4 Å². The van der Waals surface area contributed by atoms with Crippen molar-refractivity contribution in [2.75, 3.05) is 0 Å². The average molecular weight is 274 g/mol. The summed E-state index contributed by atoms with van der Waals surface area (Å²) in [6.45, 7) is 10.2. The van der Waals surface area contributed by atoms with Crippen LogP contribution in [0, 0.1) is 18.8 Å². The molecule has 0 amide bonds. The van der Waals surface area contributed by atoms with Crippen LogP contribution < -0.4 is 0 Å². The van der Waals surface area contributed by atoms with E-state index < -0.39 is 0 Å². The van der Waals surface area contributed by atoms with Crippen LogP contribution in [-0.2, 0) is 4.79 Å². The zero-order valence-corrected chi connectivity index (χ0v) is 12.8. The molecule has 0 saturated heterocycles. The van der Waals surface area contributed by atoms with Crippen LogP contribution in [0.1, 0.15) is 32.3 Å². The van der Waals surface area contributed by atoms with Crippen molar-refractivity contribution in [2.24, 2.45) is 11.8 Å². The van der Waals surface area contributed by atoms with Crippen LogP contribution in [0.25, 0.3) is 0 Å². The van der Waals surface area contributed by atoms with Crippen molar-refractivity contribution in [2.45, 2.75) is 43.8 Å². The summed E-state index contributed by atoms with van der Waals surface area (Å²) in [5.74, 6) is 0.914. The fourth-order valence-electron chi connectivity index (χ4n) is 2.52. The number of rotatable bonds is 3. The van der Waals surface area contributed by atoms with E-state index in [1.165, 1.54) is 10.5 Å². The number of aryl methyl sites for hydroxylation is 1. The highest BCUT2D eigenvalue weighted by atomic mass is 32.2. The second-order valence-electron chi connectivity index (χ2n) is 5.71. The lowest BCUT2D eigenvalue weighted by atomic mass is 9.79. The molecule has 3 atom stereocenters. The van der Waals surface area contributed by atoms with Crippen molar-refractivity contribution in [1.82, 2.24) is 0 Å². The molecule has 1 nitrogen and oxygen atoms in total. The molecular formula is C17H22OS. The number of carbonyl (C=O) groups excluding carboxylic acids is 1. The summed E-state index contributed by atoms with van der Waals surface area (Å²) in [4.78, 5) is 13.4. The predicted octanol–water partition coefficient (Wildman–Crippen LogP) is 4.65. The molecule has 102 valence electrons. The topological polar surface area (TPSA) is 17.1 Å². The van der Waals surface area contributed by atoms with Crippen LogP contribution in [0.3, 0.4) is 0 Å². The molecule has 1 fully saturated rings. The number of benzene rings is 1. The third-order valence-electron chi connectivity index (χ3n) is 4.04. The molecule has 1 aliphatic carbocycles. The molecule has 1 aliphatic rings. The van der Waals surface area contributed by atoms with Gasteiger partial charge in [0, 0.05) is 22.5 Å². The quantitative estimate of drug-likeness (QED) is 0.746. The molecule has 0 bridgehead atoms. The van der Waals surface area contributed by atoms with Crippen LogP contribution >= 0.6 is 11.8 Å². The zero-order valence-electron chi connectivity index (χ0n) is 12.0. The summed E-state index contributed by atoms with van der Waals surface area (Å²) in [5, 5.41) is 0.380. The van der Waals surface area contributed by atoms with Crippen LogP contribution in [0.15, 0.2) is 41.3 Å². The molecule has 0 spiro atoms. The van der Waals surface area contributed by atoms with Crippen molar-refractivity contribution in [3.63, 3.8) is 0 Å². The second kappa shape index (κ2) is 5.96. The first-order valence-electron chi connectivity index (χ1n) is 6.89. The average Bonchev–Trinajstić information content (AvgIpc) is 2.37. The van der Waals surface area contributed by atoms with Crippen molar-refractivity contribution >= 4 is 17.5 Å². The molecule has 0 aromatic heterocycles. The van der Waals surface area contributed by atoms with Crippen molar-refractivity contribution in [3.05, 3.63) is 42.0 Å². The van der Waals surface area contributed by atoms with Crippen molar-refractivity contribution in [3.8, 4) is 0 Å². The molecule has 1 aromatic rings. The van der Waals surface area contributed by atoms with Gasteiger partial charge in [-0.15, -0.1) is 11.8 Å². The van der Waals surface area contributed by atoms with Gasteiger partial charge in [-0.2, -0.15) is 0 Å². The lowest BCUT2D eigenvalue weighted by molar-refractivity contribution is -0.124. The van der Waals surface area contributed by atoms with E-state index >= 15 is 0 Å². The Labute approximate surface area is 120 Å². The van der Waals surface area contributed by atoms with E-state index in [2.05, 4.69) is 44.7 Å². The summed E-state index contributed by atoms with van der Waals surface area (Å²) in [7, 11) is 0. The first-order valence-corrected chi connectivity index (χ1v) is 7.76. The number of hydrogen-bond acceptors (Lipinski definition) is 2. The standard InChI is InChI=1S/C17H22OS/c1-11(2)14-9-16(18)13(4)17(10-14)19-15-7-5-12(3)6-8-15/h5-8,13-14,17H,1,9-10H2,2-4H3/t13-,14-,17+/m1/s1. The zero-order chi connectivity index (χ0) is 14.0. The Morgan fingerprint density at radius 2 is 1.95 bits per heavy atom. The molecule has 0 aliphatic heterocycles. The van der Waals surface area contributed by atoms with Gasteiger partial charge < -0.3 is 0 Å². The second-order valence-corrected chi connectivity index (χ2v) is 7.02. The minimum absolute atomic E-state index is 0.155. The van der Waals surface area contributed by atoms with Gasteiger partial charge in [0.25, 0.3) is 0 Å². The third-order valence-corrected chi connectivity index (χ3v) is 5.48. The molecule has 19 heavy (non-hydrogen) atoms. The van der Waals surface area contributed by atoms with Gasteiger partial charge in [0.1, 0.15) is 5.78 Å². The number of hydrogen-bond donors (Lipinski definition) is 0. The lowest BCUT2D eigenvalue weighted by Gasteiger charge is -2.33. The molecule has 1 saturated carbocycles. The summed E-state index contributed by atoms with van der Waals surface area (Å²) in [5.41, 5.74) is 2.42. The van der Waals surface area contributed by atoms with Crippen molar-refractivity contribution < 1.29 is 4.79 Å². The Morgan fingerprint density at radius 3 is 2.53 bits per heavy atom. The van der Waals surface area contributed by atoms with Crippen LogP contribution in [-0.4, -0.2) is 11.0 Å². The maximum atomic E-state index is 12.1. The molecule has 2 rings (SSSR count). The van der Waals surface area contributed by atoms with E-state index in [1.54, 1.807) is 0 Å². The SMILES string of the molecule is C=C(C)[C@@H]1CC(=O)[C@@H](C)[C@@H](Sc2ccc(C)cc2)C1. The molecule has 0 heterocycles. The smallest absolute Gasteiger partial charge is 0.137 e. The monoisotopic (exact) mass is 274 g/mol. The molecule has 0 radical (unpaired) electrons. The van der Waals surface area contributed by atoms with E-state index in [9.17, 15) is 4.79 Å². The first kappa shape index (κ1) is 14.4. The maximum absolute atomic E-state index is 12.1. The van der Waals surface area contributed by atoms with Gasteiger partial charge in [0.15, 0.2) is 0 Å². The number of Topliss-reactive ketones (excluding diaryl/α,β-unsaturated/α-hetero) is 1. The first-order chi connectivity index (χ1) is 8.97. The Balaban J connectivity index is 2.10. The fraction of sp³-hybridized carbons (Fsp3) is 0.471. The maximum Gasteiger partial charge on any atom is 0.137 e. The number of ketones is 1. The highest BCUT2D eigenvalue weighted by Gasteiger charge is 2.34. The van der Waals surface area contributed by atoms with E-state index in [0.717, 1.165) is 12.0 Å². The predicted molar refractivity (Wildman–Crippen MR) is 82.5 cm³/mol. The van der Waals surface area contributed by atoms with Crippen molar-refractivity contribution in [1.29, 1.82) is 0 Å². The summed E-state index contributed by atoms with van der Waals surface area (Å²) in [6, 6.07) is 8.57. The van der Waals surface area contributed by atoms with Gasteiger partial charge in [-0.1, -0.05) is 36.8 Å². The molecule has 1 aromatic carbocycles. The molecule has 0 unspecified atom stereocenters. The summed E-state index contributed by atoms with van der Waals surface area (Å²) < 4.78 is 0. The van der Waals surface area contributed by atoms with E-state index in [4.69, 9.17) is 0 Å². The Morgan fingerprint density at radius 1 is 1.32 bits per heavy atom.